The molecule has 0 aliphatic rings. The quantitative estimate of drug-likeness (QED) is 0.685. The Morgan fingerprint density at radius 3 is 2.83 bits per heavy atom. The normalized spacial score (nSPS) is 10.0. The highest BCUT2D eigenvalue weighted by molar-refractivity contribution is 5.68. The van der Waals surface area contributed by atoms with Crippen LogP contribution in [0.3, 0.4) is 0 Å². The van der Waals surface area contributed by atoms with Crippen LogP contribution in [0.2, 0.25) is 0 Å². The van der Waals surface area contributed by atoms with Gasteiger partial charge in [0.15, 0.2) is 5.76 Å². The van der Waals surface area contributed by atoms with Gasteiger partial charge in [0, 0.05) is 18.0 Å². The molecule has 0 radical (unpaired) electrons. The van der Waals surface area contributed by atoms with E-state index >= 15 is 0 Å². The summed E-state index contributed by atoms with van der Waals surface area (Å²) in [6.07, 6.45) is 4.84. The van der Waals surface area contributed by atoms with E-state index in [0.717, 1.165) is 5.56 Å². The fraction of sp³-hybridized carbons (Fsp3) is 0. The maximum atomic E-state index is 5.59. The van der Waals surface area contributed by atoms with Gasteiger partial charge in [0.2, 0.25) is 0 Å². The van der Waals surface area contributed by atoms with Crippen LogP contribution in [0.25, 0.3) is 11.3 Å². The fourth-order valence-corrected chi connectivity index (χ4v) is 0.964. The summed E-state index contributed by atoms with van der Waals surface area (Å²) in [7, 11) is 0. The molecule has 0 aliphatic heterocycles. The Kier molecular flexibility index (Phi) is 1.51. The summed E-state index contributed by atoms with van der Waals surface area (Å²) < 4.78 is 4.94. The number of nitrogens with zero attached hydrogens (tertiary/aromatic N) is 2. The van der Waals surface area contributed by atoms with Crippen molar-refractivity contribution in [2.24, 2.45) is 0 Å². The van der Waals surface area contributed by atoms with Crippen molar-refractivity contribution < 1.29 is 4.52 Å². The highest BCUT2D eigenvalue weighted by Crippen LogP contribution is 2.23. The van der Waals surface area contributed by atoms with Crippen LogP contribution in [0.5, 0.6) is 0 Å². The average molecular weight is 161 g/mol. The maximum absolute atomic E-state index is 5.59. The second-order valence-corrected chi connectivity index (χ2v) is 2.35. The Bertz CT molecular complexity index is 369. The van der Waals surface area contributed by atoms with Gasteiger partial charge in [-0.25, -0.2) is 0 Å². The summed E-state index contributed by atoms with van der Waals surface area (Å²) in [6, 6.07) is 3.68. The topological polar surface area (TPSA) is 64.9 Å². The predicted molar refractivity (Wildman–Crippen MR) is 44.1 cm³/mol. The highest BCUT2D eigenvalue weighted by Gasteiger charge is 2.06. The fourth-order valence-electron chi connectivity index (χ4n) is 0.964. The van der Waals surface area contributed by atoms with E-state index in [4.69, 9.17) is 10.3 Å². The number of pyridine rings is 1. The van der Waals surface area contributed by atoms with Gasteiger partial charge in [-0.2, -0.15) is 0 Å². The van der Waals surface area contributed by atoms with Crippen LogP contribution in [0, 0.1) is 0 Å². The predicted octanol–water partition coefficient (Wildman–Crippen LogP) is 1.32. The van der Waals surface area contributed by atoms with E-state index in [9.17, 15) is 0 Å². The summed E-state index contributed by atoms with van der Waals surface area (Å²) in [5.41, 5.74) is 6.96. The van der Waals surface area contributed by atoms with E-state index in [-0.39, 0.29) is 0 Å². The minimum atomic E-state index is 0.531. The zero-order valence-corrected chi connectivity index (χ0v) is 6.27. The summed E-state index contributed by atoms with van der Waals surface area (Å²) >= 11 is 0. The van der Waals surface area contributed by atoms with E-state index < -0.39 is 0 Å². The lowest BCUT2D eigenvalue weighted by Gasteiger charge is -1.93. The van der Waals surface area contributed by atoms with Crippen molar-refractivity contribution in [3.63, 3.8) is 0 Å². The first-order valence-corrected chi connectivity index (χ1v) is 3.48. The first kappa shape index (κ1) is 6.84. The molecule has 4 nitrogen and oxygen atoms in total. The minimum absolute atomic E-state index is 0.531. The van der Waals surface area contributed by atoms with Crippen molar-refractivity contribution in [3.05, 3.63) is 30.7 Å². The molecule has 60 valence electrons. The van der Waals surface area contributed by atoms with Crippen molar-refractivity contribution in [2.75, 3.05) is 5.73 Å². The Hall–Kier alpha value is -1.84. The van der Waals surface area contributed by atoms with Crippen LogP contribution in [0.1, 0.15) is 0 Å². The van der Waals surface area contributed by atoms with Crippen LogP contribution in [-0.2, 0) is 0 Å². The van der Waals surface area contributed by atoms with Gasteiger partial charge in [0.05, 0.1) is 6.20 Å². The molecule has 2 aromatic rings. The molecule has 0 aliphatic carbocycles. The molecule has 2 rings (SSSR count). The number of rotatable bonds is 1. The third-order valence-corrected chi connectivity index (χ3v) is 1.52. The Morgan fingerprint density at radius 1 is 1.33 bits per heavy atom. The van der Waals surface area contributed by atoms with E-state index in [1.165, 1.54) is 6.20 Å². The van der Waals surface area contributed by atoms with Crippen molar-refractivity contribution >= 4 is 5.69 Å². The van der Waals surface area contributed by atoms with Gasteiger partial charge in [0.25, 0.3) is 0 Å². The molecule has 0 atom stereocenters. The van der Waals surface area contributed by atoms with Gasteiger partial charge in [-0.1, -0.05) is 5.16 Å². The molecule has 4 heteroatoms. The second kappa shape index (κ2) is 2.65. The summed E-state index contributed by atoms with van der Waals surface area (Å²) in [5, 5.41) is 3.57. The maximum Gasteiger partial charge on any atom is 0.191 e. The summed E-state index contributed by atoms with van der Waals surface area (Å²) in [6.45, 7) is 0. The first-order valence-electron chi connectivity index (χ1n) is 3.48. The van der Waals surface area contributed by atoms with Gasteiger partial charge in [0.1, 0.15) is 5.69 Å². The summed E-state index contributed by atoms with van der Waals surface area (Å²) in [5.74, 6) is 0.572. The number of anilines is 1. The highest BCUT2D eigenvalue weighted by atomic mass is 16.5. The zero-order valence-electron chi connectivity index (χ0n) is 6.27. The van der Waals surface area contributed by atoms with Crippen LogP contribution >= 0.6 is 0 Å². The molecule has 0 aromatic carbocycles. The summed E-state index contributed by atoms with van der Waals surface area (Å²) in [4.78, 5) is 3.94. The number of aromatic nitrogens is 2. The van der Waals surface area contributed by atoms with Crippen LogP contribution in [0.15, 0.2) is 35.2 Å². The monoisotopic (exact) mass is 161 g/mol. The van der Waals surface area contributed by atoms with Crippen molar-refractivity contribution in [3.8, 4) is 11.3 Å². The number of hydrogen-bond donors (Lipinski definition) is 1. The molecule has 2 aromatic heterocycles. The molecule has 0 saturated carbocycles. The molecule has 2 heterocycles. The number of hydrogen-bond acceptors (Lipinski definition) is 4. The van der Waals surface area contributed by atoms with Gasteiger partial charge in [-0.05, 0) is 12.1 Å². The molecule has 0 spiro atoms. The smallest absolute Gasteiger partial charge is 0.191 e. The molecular formula is C8H7N3O. The van der Waals surface area contributed by atoms with Gasteiger partial charge in [-0.3, -0.25) is 4.98 Å². The van der Waals surface area contributed by atoms with Crippen LogP contribution in [0.4, 0.5) is 5.69 Å². The van der Waals surface area contributed by atoms with E-state index in [0.29, 0.717) is 11.4 Å². The Morgan fingerprint density at radius 2 is 2.25 bits per heavy atom. The third-order valence-electron chi connectivity index (χ3n) is 1.52. The van der Waals surface area contributed by atoms with E-state index in [2.05, 4.69) is 10.1 Å². The van der Waals surface area contributed by atoms with Crippen LogP contribution < -0.4 is 5.73 Å². The molecule has 0 amide bonds. The third kappa shape index (κ3) is 1.03. The molecule has 0 bridgehead atoms. The Labute approximate surface area is 69.0 Å². The number of nitrogens with two attached hydrogens (primary N) is 1. The van der Waals surface area contributed by atoms with Crippen molar-refractivity contribution in [1.29, 1.82) is 0 Å². The van der Waals surface area contributed by atoms with Gasteiger partial charge in [-0.15, -0.1) is 0 Å². The number of nitrogen functional groups attached to an aromatic ring is 1. The minimum Gasteiger partial charge on any atom is -0.394 e. The zero-order chi connectivity index (χ0) is 8.39. The van der Waals surface area contributed by atoms with Crippen molar-refractivity contribution in [1.82, 2.24) is 10.1 Å². The average Bonchev–Trinajstić information content (AvgIpc) is 2.53. The molecule has 0 saturated heterocycles. The molecule has 0 fully saturated rings. The molecule has 12 heavy (non-hydrogen) atoms. The SMILES string of the molecule is Nc1cnoc1-c1cccnc1. The Balaban J connectivity index is 2.51. The van der Waals surface area contributed by atoms with E-state index in [1.54, 1.807) is 12.4 Å². The largest absolute Gasteiger partial charge is 0.394 e. The van der Waals surface area contributed by atoms with Gasteiger partial charge < -0.3 is 10.3 Å². The lowest BCUT2D eigenvalue weighted by Crippen LogP contribution is -1.84. The lowest BCUT2D eigenvalue weighted by atomic mass is 10.2. The molecule has 0 unspecified atom stereocenters. The first-order chi connectivity index (χ1) is 5.88. The second-order valence-electron chi connectivity index (χ2n) is 2.35. The van der Waals surface area contributed by atoms with Crippen LogP contribution in [-0.4, -0.2) is 10.1 Å². The van der Waals surface area contributed by atoms with Crippen molar-refractivity contribution in [2.45, 2.75) is 0 Å². The standard InChI is InChI=1S/C8H7N3O/c9-7-5-11-12-8(7)6-2-1-3-10-4-6/h1-5H,9H2. The lowest BCUT2D eigenvalue weighted by molar-refractivity contribution is 0.432. The molecular weight excluding hydrogens is 154 g/mol. The van der Waals surface area contributed by atoms with Gasteiger partial charge >= 0.3 is 0 Å². The van der Waals surface area contributed by atoms with E-state index in [1.807, 2.05) is 12.1 Å². The molecule has 2 N–H and O–H groups in total.